The number of amides is 1. The third kappa shape index (κ3) is 3.36. The highest BCUT2D eigenvalue weighted by molar-refractivity contribution is 9.10. The second kappa shape index (κ2) is 6.05. The molecule has 5 heteroatoms. The van der Waals surface area contributed by atoms with Crippen molar-refractivity contribution in [1.29, 1.82) is 0 Å². The number of carbonyl (C=O) groups is 1. The molecule has 0 heterocycles. The lowest BCUT2D eigenvalue weighted by atomic mass is 10.0. The first-order valence-corrected chi connectivity index (χ1v) is 6.85. The highest BCUT2D eigenvalue weighted by Gasteiger charge is 2.05. The van der Waals surface area contributed by atoms with Crippen LogP contribution in [0.2, 0.25) is 0 Å². The highest BCUT2D eigenvalue weighted by Crippen LogP contribution is 2.20. The second-order valence-electron chi connectivity index (χ2n) is 4.49. The van der Waals surface area contributed by atoms with Crippen molar-refractivity contribution >= 4 is 27.5 Å². The normalized spacial score (nSPS) is 10.3. The summed E-state index contributed by atoms with van der Waals surface area (Å²) in [4.78, 5) is 11.1. The number of aryl methyl sites for hydroxylation is 1. The molecule has 0 fully saturated rings. The summed E-state index contributed by atoms with van der Waals surface area (Å²) in [5, 5.41) is 3.14. The van der Waals surface area contributed by atoms with Gasteiger partial charge in [-0.1, -0.05) is 6.07 Å². The van der Waals surface area contributed by atoms with Crippen molar-refractivity contribution in [2.75, 3.05) is 5.32 Å². The fourth-order valence-electron chi connectivity index (χ4n) is 1.85. The Morgan fingerprint density at radius 2 is 2.05 bits per heavy atom. The van der Waals surface area contributed by atoms with E-state index >= 15 is 0 Å². The molecule has 0 spiro atoms. The molecule has 0 aliphatic heterocycles. The predicted octanol–water partition coefficient (Wildman–Crippen LogP) is 3.61. The van der Waals surface area contributed by atoms with E-state index in [0.717, 1.165) is 11.1 Å². The van der Waals surface area contributed by atoms with Crippen LogP contribution in [-0.4, -0.2) is 5.91 Å². The second-order valence-corrected chi connectivity index (χ2v) is 5.34. The molecular formula is C15H14BrFN2O. The third-order valence-corrected chi connectivity index (χ3v) is 3.67. The molecule has 1 amide bonds. The van der Waals surface area contributed by atoms with E-state index in [1.807, 2.05) is 13.0 Å². The minimum atomic E-state index is -0.442. The van der Waals surface area contributed by atoms with Gasteiger partial charge in [-0.05, 0) is 64.3 Å². The molecule has 0 atom stereocenters. The Kier molecular flexibility index (Phi) is 4.39. The Labute approximate surface area is 125 Å². The molecule has 0 aliphatic carbocycles. The molecule has 0 aromatic heterocycles. The lowest BCUT2D eigenvalue weighted by Gasteiger charge is -2.10. The van der Waals surface area contributed by atoms with E-state index in [4.69, 9.17) is 5.73 Å². The molecular weight excluding hydrogens is 323 g/mol. The van der Waals surface area contributed by atoms with Crippen molar-refractivity contribution < 1.29 is 9.18 Å². The maximum Gasteiger partial charge on any atom is 0.248 e. The molecule has 2 aromatic rings. The van der Waals surface area contributed by atoms with E-state index < -0.39 is 5.91 Å². The zero-order valence-electron chi connectivity index (χ0n) is 10.9. The van der Waals surface area contributed by atoms with Gasteiger partial charge in [0, 0.05) is 17.8 Å². The van der Waals surface area contributed by atoms with Gasteiger partial charge in [0.05, 0.1) is 4.47 Å². The zero-order chi connectivity index (χ0) is 14.7. The van der Waals surface area contributed by atoms with Crippen LogP contribution in [0.4, 0.5) is 10.1 Å². The van der Waals surface area contributed by atoms with Crippen LogP contribution in [-0.2, 0) is 6.54 Å². The lowest BCUT2D eigenvalue weighted by molar-refractivity contribution is 0.1000. The monoisotopic (exact) mass is 336 g/mol. The Balaban J connectivity index is 2.10. The van der Waals surface area contributed by atoms with Gasteiger partial charge in [0.15, 0.2) is 0 Å². The smallest absolute Gasteiger partial charge is 0.248 e. The summed E-state index contributed by atoms with van der Waals surface area (Å²) in [5.41, 5.74) is 8.40. The van der Waals surface area contributed by atoms with Crippen molar-refractivity contribution in [1.82, 2.24) is 0 Å². The minimum absolute atomic E-state index is 0.309. The Hall–Kier alpha value is -1.88. The predicted molar refractivity (Wildman–Crippen MR) is 81.1 cm³/mol. The van der Waals surface area contributed by atoms with Crippen molar-refractivity contribution in [3.05, 3.63) is 63.4 Å². The zero-order valence-corrected chi connectivity index (χ0v) is 12.5. The fourth-order valence-corrected chi connectivity index (χ4v) is 2.10. The minimum Gasteiger partial charge on any atom is -0.381 e. The number of primary amides is 1. The van der Waals surface area contributed by atoms with E-state index in [2.05, 4.69) is 21.2 Å². The molecule has 0 radical (unpaired) electrons. The summed E-state index contributed by atoms with van der Waals surface area (Å²) < 4.78 is 13.8. The maximum atomic E-state index is 13.4. The topological polar surface area (TPSA) is 55.1 Å². The van der Waals surface area contributed by atoms with Gasteiger partial charge in [-0.2, -0.15) is 0 Å². The molecule has 0 aliphatic rings. The van der Waals surface area contributed by atoms with Gasteiger partial charge in [-0.25, -0.2) is 4.39 Å². The number of nitrogens with one attached hydrogen (secondary N) is 1. The van der Waals surface area contributed by atoms with Gasteiger partial charge in [0.25, 0.3) is 0 Å². The van der Waals surface area contributed by atoms with Crippen LogP contribution in [0, 0.1) is 12.7 Å². The Bertz CT molecular complexity index is 658. The van der Waals surface area contributed by atoms with Gasteiger partial charge in [0.2, 0.25) is 5.91 Å². The Morgan fingerprint density at radius 3 is 2.65 bits per heavy atom. The standard InChI is InChI=1S/C15H14BrFN2O/c1-9-6-10(15(18)20)2-3-11(9)8-19-12-4-5-13(16)14(17)7-12/h2-7,19H,8H2,1H3,(H2,18,20). The Morgan fingerprint density at radius 1 is 1.30 bits per heavy atom. The molecule has 2 rings (SSSR count). The molecule has 0 bridgehead atoms. The number of hydrogen-bond acceptors (Lipinski definition) is 2. The SMILES string of the molecule is Cc1cc(C(N)=O)ccc1CNc1ccc(Br)c(F)c1. The number of nitrogens with two attached hydrogens (primary N) is 1. The summed E-state index contributed by atoms with van der Waals surface area (Å²) >= 11 is 3.11. The number of carbonyl (C=O) groups excluding carboxylic acids is 1. The lowest BCUT2D eigenvalue weighted by Crippen LogP contribution is -2.11. The first-order chi connectivity index (χ1) is 9.47. The average molecular weight is 337 g/mol. The molecule has 3 nitrogen and oxygen atoms in total. The van der Waals surface area contributed by atoms with E-state index in [-0.39, 0.29) is 5.82 Å². The van der Waals surface area contributed by atoms with Gasteiger partial charge in [0.1, 0.15) is 5.82 Å². The number of hydrogen-bond donors (Lipinski definition) is 2. The van der Waals surface area contributed by atoms with Gasteiger partial charge in [-0.15, -0.1) is 0 Å². The van der Waals surface area contributed by atoms with Crippen LogP contribution < -0.4 is 11.1 Å². The highest BCUT2D eigenvalue weighted by atomic mass is 79.9. The van der Waals surface area contributed by atoms with Crippen molar-refractivity contribution in [2.45, 2.75) is 13.5 Å². The number of halogens is 2. The summed E-state index contributed by atoms with van der Waals surface area (Å²) in [7, 11) is 0. The van der Waals surface area contributed by atoms with E-state index in [0.29, 0.717) is 22.3 Å². The molecule has 0 saturated heterocycles. The van der Waals surface area contributed by atoms with Crippen molar-refractivity contribution in [3.8, 4) is 0 Å². The van der Waals surface area contributed by atoms with Crippen LogP contribution in [0.1, 0.15) is 21.5 Å². The molecule has 20 heavy (non-hydrogen) atoms. The molecule has 0 unspecified atom stereocenters. The third-order valence-electron chi connectivity index (χ3n) is 3.03. The summed E-state index contributed by atoms with van der Waals surface area (Å²) in [5.74, 6) is -0.751. The van der Waals surface area contributed by atoms with Gasteiger partial charge >= 0.3 is 0 Å². The van der Waals surface area contributed by atoms with E-state index in [1.54, 1.807) is 24.3 Å². The van der Waals surface area contributed by atoms with E-state index in [1.165, 1.54) is 6.07 Å². The van der Waals surface area contributed by atoms with Crippen LogP contribution in [0.3, 0.4) is 0 Å². The fraction of sp³-hybridized carbons (Fsp3) is 0.133. The summed E-state index contributed by atoms with van der Waals surface area (Å²) in [6.45, 7) is 2.46. The molecule has 104 valence electrons. The van der Waals surface area contributed by atoms with Crippen molar-refractivity contribution in [3.63, 3.8) is 0 Å². The van der Waals surface area contributed by atoms with Crippen LogP contribution in [0.25, 0.3) is 0 Å². The van der Waals surface area contributed by atoms with Gasteiger partial charge in [-0.3, -0.25) is 4.79 Å². The number of benzene rings is 2. The van der Waals surface area contributed by atoms with Crippen molar-refractivity contribution in [2.24, 2.45) is 5.73 Å². The van der Waals surface area contributed by atoms with Crippen LogP contribution in [0.5, 0.6) is 0 Å². The maximum absolute atomic E-state index is 13.4. The number of anilines is 1. The van der Waals surface area contributed by atoms with Crippen LogP contribution in [0.15, 0.2) is 40.9 Å². The van der Waals surface area contributed by atoms with E-state index in [9.17, 15) is 9.18 Å². The quantitative estimate of drug-likeness (QED) is 0.896. The first kappa shape index (κ1) is 14.5. The summed E-state index contributed by atoms with van der Waals surface area (Å²) in [6, 6.07) is 10.2. The number of rotatable bonds is 4. The molecule has 3 N–H and O–H groups in total. The first-order valence-electron chi connectivity index (χ1n) is 6.05. The average Bonchev–Trinajstić information content (AvgIpc) is 2.41. The molecule has 0 saturated carbocycles. The largest absolute Gasteiger partial charge is 0.381 e. The molecule has 2 aromatic carbocycles. The van der Waals surface area contributed by atoms with Gasteiger partial charge < -0.3 is 11.1 Å². The summed E-state index contributed by atoms with van der Waals surface area (Å²) in [6.07, 6.45) is 0. The van der Waals surface area contributed by atoms with Crippen LogP contribution >= 0.6 is 15.9 Å².